The van der Waals surface area contributed by atoms with E-state index in [1.807, 2.05) is 0 Å². The number of rotatable bonds is 7. The monoisotopic (exact) mass is 358 g/mol. The van der Waals surface area contributed by atoms with Gasteiger partial charge in [-0.3, -0.25) is 0 Å². The zero-order valence-electron chi connectivity index (χ0n) is 13.1. The van der Waals surface area contributed by atoms with Crippen molar-refractivity contribution in [3.8, 4) is 0 Å². The van der Waals surface area contributed by atoms with Gasteiger partial charge in [-0.05, 0) is 30.7 Å². The van der Waals surface area contributed by atoms with Crippen LogP contribution in [0.2, 0.25) is 5.02 Å². The van der Waals surface area contributed by atoms with E-state index in [0.717, 1.165) is 31.9 Å². The first-order chi connectivity index (χ1) is 11.4. The maximum Gasteiger partial charge on any atom is 0.418 e. The number of halogens is 4. The topological polar surface area (TPSA) is 49.8 Å². The number of unbranched alkanes of at least 4 members (excludes halogenated alkanes) is 2. The van der Waals surface area contributed by atoms with E-state index in [0.29, 0.717) is 5.82 Å². The second-order valence-electron chi connectivity index (χ2n) is 5.21. The average Bonchev–Trinajstić information content (AvgIpc) is 2.53. The molecule has 4 nitrogen and oxygen atoms in total. The Bertz CT molecular complexity index is 677. The van der Waals surface area contributed by atoms with Gasteiger partial charge in [0.05, 0.1) is 11.3 Å². The third kappa shape index (κ3) is 5.26. The van der Waals surface area contributed by atoms with Crippen LogP contribution in [0.5, 0.6) is 0 Å². The number of anilines is 3. The summed E-state index contributed by atoms with van der Waals surface area (Å²) < 4.78 is 39.3. The summed E-state index contributed by atoms with van der Waals surface area (Å²) in [6, 6.07) is 5.18. The van der Waals surface area contributed by atoms with Crippen molar-refractivity contribution in [2.24, 2.45) is 0 Å². The van der Waals surface area contributed by atoms with Crippen LogP contribution in [0.3, 0.4) is 0 Å². The van der Waals surface area contributed by atoms with Crippen LogP contribution in [0.4, 0.5) is 30.6 Å². The molecule has 0 aliphatic rings. The second kappa shape index (κ2) is 8.19. The van der Waals surface area contributed by atoms with Gasteiger partial charge in [-0.15, -0.1) is 0 Å². The number of benzene rings is 1. The number of nitrogens with one attached hydrogen (secondary N) is 2. The molecular formula is C16H18ClF3N4. The van der Waals surface area contributed by atoms with E-state index < -0.39 is 11.7 Å². The van der Waals surface area contributed by atoms with Crippen LogP contribution in [0.15, 0.2) is 30.5 Å². The smallest absolute Gasteiger partial charge is 0.370 e. The number of alkyl halides is 3. The summed E-state index contributed by atoms with van der Waals surface area (Å²) in [5, 5.41) is 5.75. The molecule has 0 amide bonds. The molecule has 0 saturated heterocycles. The third-order valence-corrected chi connectivity index (χ3v) is 3.51. The summed E-state index contributed by atoms with van der Waals surface area (Å²) in [6.45, 7) is 2.86. The van der Waals surface area contributed by atoms with Crippen LogP contribution in [-0.4, -0.2) is 16.5 Å². The zero-order valence-corrected chi connectivity index (χ0v) is 13.9. The van der Waals surface area contributed by atoms with E-state index in [1.165, 1.54) is 18.3 Å². The van der Waals surface area contributed by atoms with Gasteiger partial charge in [0.1, 0.15) is 5.82 Å². The van der Waals surface area contributed by atoms with Gasteiger partial charge in [-0.25, -0.2) is 4.98 Å². The normalized spacial score (nSPS) is 11.4. The van der Waals surface area contributed by atoms with Crippen LogP contribution >= 0.6 is 11.6 Å². The molecule has 0 unspecified atom stereocenters. The first-order valence-corrected chi connectivity index (χ1v) is 7.98. The Morgan fingerprint density at radius 1 is 1.17 bits per heavy atom. The maximum absolute atomic E-state index is 13.1. The van der Waals surface area contributed by atoms with Crippen molar-refractivity contribution in [1.82, 2.24) is 9.97 Å². The highest BCUT2D eigenvalue weighted by atomic mass is 35.5. The Morgan fingerprint density at radius 3 is 2.67 bits per heavy atom. The quantitative estimate of drug-likeness (QED) is 0.642. The van der Waals surface area contributed by atoms with E-state index in [4.69, 9.17) is 11.6 Å². The molecule has 8 heteroatoms. The molecule has 0 aliphatic heterocycles. The van der Waals surface area contributed by atoms with Crippen molar-refractivity contribution in [3.63, 3.8) is 0 Å². The number of nitrogens with zero attached hydrogens (tertiary/aromatic N) is 2. The molecular weight excluding hydrogens is 341 g/mol. The highest BCUT2D eigenvalue weighted by Gasteiger charge is 2.34. The van der Waals surface area contributed by atoms with Crippen molar-refractivity contribution in [1.29, 1.82) is 0 Å². The highest BCUT2D eigenvalue weighted by Crippen LogP contribution is 2.37. The summed E-state index contributed by atoms with van der Waals surface area (Å²) in [7, 11) is 0. The van der Waals surface area contributed by atoms with Crippen LogP contribution in [0, 0.1) is 0 Å². The van der Waals surface area contributed by atoms with E-state index in [1.54, 1.807) is 6.07 Å². The van der Waals surface area contributed by atoms with Crippen molar-refractivity contribution in [3.05, 3.63) is 41.0 Å². The van der Waals surface area contributed by atoms with Gasteiger partial charge in [0.2, 0.25) is 5.95 Å². The summed E-state index contributed by atoms with van der Waals surface area (Å²) in [5.41, 5.74) is -1.00. The van der Waals surface area contributed by atoms with Crippen molar-refractivity contribution in [2.75, 3.05) is 17.2 Å². The van der Waals surface area contributed by atoms with Crippen LogP contribution < -0.4 is 10.6 Å². The zero-order chi connectivity index (χ0) is 17.6. The minimum absolute atomic E-state index is 0.0140. The van der Waals surface area contributed by atoms with Crippen LogP contribution in [-0.2, 0) is 6.18 Å². The van der Waals surface area contributed by atoms with Gasteiger partial charge in [0.25, 0.3) is 0 Å². The largest absolute Gasteiger partial charge is 0.418 e. The van der Waals surface area contributed by atoms with Gasteiger partial charge in [0.15, 0.2) is 0 Å². The Morgan fingerprint density at radius 2 is 1.96 bits per heavy atom. The molecule has 2 N–H and O–H groups in total. The Hall–Kier alpha value is -2.02. The molecule has 2 rings (SSSR count). The van der Waals surface area contributed by atoms with Crippen molar-refractivity contribution < 1.29 is 13.2 Å². The van der Waals surface area contributed by atoms with Gasteiger partial charge >= 0.3 is 6.18 Å². The lowest BCUT2D eigenvalue weighted by Gasteiger charge is -2.14. The van der Waals surface area contributed by atoms with Crippen LogP contribution in [0.25, 0.3) is 0 Å². The summed E-state index contributed by atoms with van der Waals surface area (Å²) in [4.78, 5) is 8.14. The van der Waals surface area contributed by atoms with Gasteiger partial charge in [0, 0.05) is 17.8 Å². The Labute approximate surface area is 143 Å². The second-order valence-corrected chi connectivity index (χ2v) is 5.65. The fourth-order valence-corrected chi connectivity index (χ4v) is 2.26. The lowest BCUT2D eigenvalue weighted by Crippen LogP contribution is -2.10. The van der Waals surface area contributed by atoms with Crippen molar-refractivity contribution >= 4 is 29.1 Å². The average molecular weight is 359 g/mol. The molecule has 0 aliphatic carbocycles. The lowest BCUT2D eigenvalue weighted by atomic mass is 10.1. The number of hydrogen-bond donors (Lipinski definition) is 2. The molecule has 0 radical (unpaired) electrons. The summed E-state index contributed by atoms with van der Waals surface area (Å²) in [6.07, 6.45) is 0.167. The lowest BCUT2D eigenvalue weighted by molar-refractivity contribution is -0.136. The van der Waals surface area contributed by atoms with E-state index >= 15 is 0 Å². The predicted octanol–water partition coefficient (Wildman–Crippen LogP) is 5.49. The molecule has 130 valence electrons. The highest BCUT2D eigenvalue weighted by molar-refractivity contribution is 6.30. The minimum Gasteiger partial charge on any atom is -0.370 e. The first kappa shape index (κ1) is 18.3. The molecule has 1 aromatic carbocycles. The minimum atomic E-state index is -4.52. The van der Waals surface area contributed by atoms with E-state index in [9.17, 15) is 13.2 Å². The van der Waals surface area contributed by atoms with Crippen molar-refractivity contribution in [2.45, 2.75) is 32.4 Å². The van der Waals surface area contributed by atoms with Gasteiger partial charge in [-0.1, -0.05) is 31.4 Å². The van der Waals surface area contributed by atoms with Gasteiger partial charge < -0.3 is 10.6 Å². The molecule has 24 heavy (non-hydrogen) atoms. The van der Waals surface area contributed by atoms with Gasteiger partial charge in [-0.2, -0.15) is 18.2 Å². The molecule has 0 atom stereocenters. The molecule has 0 bridgehead atoms. The molecule has 1 aromatic heterocycles. The fraction of sp³-hybridized carbons (Fsp3) is 0.375. The number of aromatic nitrogens is 2. The standard InChI is InChI=1S/C16H18ClF3N4/c1-2-3-4-8-21-14-7-9-22-15(24-14)23-13-6-5-11(17)10-12(13)16(18,19)20/h5-7,9-10H,2-4,8H2,1H3,(H2,21,22,23,24). The fourth-order valence-electron chi connectivity index (χ4n) is 2.09. The first-order valence-electron chi connectivity index (χ1n) is 7.61. The summed E-state index contributed by atoms with van der Waals surface area (Å²) in [5.74, 6) is 0.648. The molecule has 2 aromatic rings. The predicted molar refractivity (Wildman–Crippen MR) is 89.8 cm³/mol. The Balaban J connectivity index is 2.14. The molecule has 1 heterocycles. The molecule has 0 saturated carbocycles. The Kier molecular flexibility index (Phi) is 6.25. The molecule has 0 fully saturated rings. The van der Waals surface area contributed by atoms with E-state index in [-0.39, 0.29) is 16.7 Å². The van der Waals surface area contributed by atoms with Crippen LogP contribution in [0.1, 0.15) is 31.7 Å². The summed E-state index contributed by atoms with van der Waals surface area (Å²) >= 11 is 5.66. The maximum atomic E-state index is 13.1. The molecule has 0 spiro atoms. The third-order valence-electron chi connectivity index (χ3n) is 3.28. The SMILES string of the molecule is CCCCCNc1ccnc(Nc2ccc(Cl)cc2C(F)(F)F)n1. The van der Waals surface area contributed by atoms with E-state index in [2.05, 4.69) is 27.5 Å². The number of hydrogen-bond acceptors (Lipinski definition) is 4.